The van der Waals surface area contributed by atoms with E-state index in [9.17, 15) is 9.59 Å². The van der Waals surface area contributed by atoms with Crippen LogP contribution in [0.2, 0.25) is 0 Å². The normalized spacial score (nSPS) is 10.8. The summed E-state index contributed by atoms with van der Waals surface area (Å²) in [6.07, 6.45) is 3.76. The van der Waals surface area contributed by atoms with Gasteiger partial charge in [0.25, 0.3) is 5.56 Å². The first-order valence-electron chi connectivity index (χ1n) is 8.29. The fourth-order valence-electron chi connectivity index (χ4n) is 2.53. The second-order valence-corrected chi connectivity index (χ2v) is 7.07. The van der Waals surface area contributed by atoms with Crippen LogP contribution >= 0.6 is 11.3 Å². The van der Waals surface area contributed by atoms with Crippen LogP contribution < -0.4 is 11.0 Å². The van der Waals surface area contributed by atoms with Crippen LogP contribution in [-0.2, 0) is 11.2 Å². The molecule has 0 saturated heterocycles. The van der Waals surface area contributed by atoms with E-state index in [0.29, 0.717) is 16.0 Å². The lowest BCUT2D eigenvalue weighted by atomic mass is 10.1. The molecule has 130 valence electrons. The van der Waals surface area contributed by atoms with Gasteiger partial charge in [-0.05, 0) is 32.3 Å². The van der Waals surface area contributed by atoms with Crippen LogP contribution in [0, 0.1) is 13.8 Å². The van der Waals surface area contributed by atoms with E-state index in [4.69, 9.17) is 0 Å². The number of hydrazone groups is 1. The Bertz CT molecular complexity index is 812. The van der Waals surface area contributed by atoms with Crippen LogP contribution in [0.1, 0.15) is 55.8 Å². The van der Waals surface area contributed by atoms with Crippen molar-refractivity contribution in [2.45, 2.75) is 59.8 Å². The van der Waals surface area contributed by atoms with Gasteiger partial charge in [0, 0.05) is 10.6 Å². The third-order valence-electron chi connectivity index (χ3n) is 3.83. The monoisotopic (exact) mass is 348 g/mol. The first-order chi connectivity index (χ1) is 11.5. The van der Waals surface area contributed by atoms with Gasteiger partial charge in [0.1, 0.15) is 10.7 Å². The highest BCUT2D eigenvalue weighted by molar-refractivity contribution is 7.18. The molecular weight excluding hydrogens is 324 g/mol. The standard InChI is InChI=1S/C17H24N4O2S/c1-5-7-12(8-6-2)20-21-14(22)9-13-18-16(23)15-10(3)11(4)24-17(15)19-13/h5-9H2,1-4H3,(H,21,22)(H,18,19,23). The number of hydrogen-bond acceptors (Lipinski definition) is 5. The molecule has 2 heterocycles. The Morgan fingerprint density at radius 1 is 1.25 bits per heavy atom. The van der Waals surface area contributed by atoms with Crippen LogP contribution in [0.3, 0.4) is 0 Å². The summed E-state index contributed by atoms with van der Waals surface area (Å²) in [4.78, 5) is 33.1. The molecule has 2 aromatic rings. The molecule has 0 fully saturated rings. The average molecular weight is 348 g/mol. The quantitative estimate of drug-likeness (QED) is 0.595. The predicted octanol–water partition coefficient (Wildman–Crippen LogP) is 3.22. The summed E-state index contributed by atoms with van der Waals surface area (Å²) in [5.74, 6) is 0.0983. The summed E-state index contributed by atoms with van der Waals surface area (Å²) in [6.45, 7) is 8.05. The largest absolute Gasteiger partial charge is 0.309 e. The van der Waals surface area contributed by atoms with Crippen LogP contribution in [0.25, 0.3) is 10.2 Å². The number of carbonyl (C=O) groups excluding carboxylic acids is 1. The number of amides is 1. The first kappa shape index (κ1) is 18.3. The summed E-state index contributed by atoms with van der Waals surface area (Å²) < 4.78 is 0. The molecule has 0 unspecified atom stereocenters. The fourth-order valence-corrected chi connectivity index (χ4v) is 3.58. The zero-order valence-corrected chi connectivity index (χ0v) is 15.5. The van der Waals surface area contributed by atoms with Crippen LogP contribution in [0.5, 0.6) is 0 Å². The van der Waals surface area contributed by atoms with Crippen molar-refractivity contribution in [2.75, 3.05) is 0 Å². The van der Waals surface area contributed by atoms with E-state index in [2.05, 4.69) is 34.3 Å². The van der Waals surface area contributed by atoms with Crippen LogP contribution in [0.15, 0.2) is 9.90 Å². The minimum atomic E-state index is -0.271. The molecule has 24 heavy (non-hydrogen) atoms. The molecule has 0 atom stereocenters. The zero-order chi connectivity index (χ0) is 17.7. The van der Waals surface area contributed by atoms with E-state index in [0.717, 1.165) is 41.8 Å². The fraction of sp³-hybridized carbons (Fsp3) is 0.529. The summed E-state index contributed by atoms with van der Waals surface area (Å²) in [6, 6.07) is 0. The SMILES string of the molecule is CCCC(CCC)=NNC(=O)Cc1nc2sc(C)c(C)c2c(=O)[nH]1. The van der Waals surface area contributed by atoms with Gasteiger partial charge in [0.05, 0.1) is 11.8 Å². The second kappa shape index (κ2) is 8.19. The molecule has 0 aromatic carbocycles. The number of H-pyrrole nitrogens is 1. The Morgan fingerprint density at radius 3 is 2.54 bits per heavy atom. The van der Waals surface area contributed by atoms with E-state index in [-0.39, 0.29) is 17.9 Å². The Balaban J connectivity index is 2.13. The smallest absolute Gasteiger partial charge is 0.259 e. The van der Waals surface area contributed by atoms with Crippen LogP contribution in [-0.4, -0.2) is 21.6 Å². The number of aryl methyl sites for hydroxylation is 2. The Morgan fingerprint density at radius 2 is 1.92 bits per heavy atom. The first-order valence-corrected chi connectivity index (χ1v) is 9.11. The van der Waals surface area contributed by atoms with E-state index in [1.165, 1.54) is 11.3 Å². The van der Waals surface area contributed by atoms with Gasteiger partial charge in [-0.2, -0.15) is 5.10 Å². The Hall–Kier alpha value is -2.02. The summed E-state index contributed by atoms with van der Waals surface area (Å²) in [7, 11) is 0. The minimum Gasteiger partial charge on any atom is -0.309 e. The predicted molar refractivity (Wildman–Crippen MR) is 98.8 cm³/mol. The van der Waals surface area contributed by atoms with E-state index >= 15 is 0 Å². The summed E-state index contributed by atoms with van der Waals surface area (Å²) in [5, 5.41) is 4.82. The number of aromatic amines is 1. The van der Waals surface area contributed by atoms with Crippen LogP contribution in [0.4, 0.5) is 0 Å². The van der Waals surface area contributed by atoms with Gasteiger partial charge in [-0.1, -0.05) is 26.7 Å². The maximum absolute atomic E-state index is 12.2. The lowest BCUT2D eigenvalue weighted by Crippen LogP contribution is -2.24. The molecule has 2 N–H and O–H groups in total. The third-order valence-corrected chi connectivity index (χ3v) is 4.93. The van der Waals surface area contributed by atoms with Gasteiger partial charge in [-0.3, -0.25) is 9.59 Å². The Labute approximate surface area is 145 Å². The summed E-state index contributed by atoms with van der Waals surface area (Å²) >= 11 is 1.48. The van der Waals surface area contributed by atoms with Gasteiger partial charge < -0.3 is 4.98 Å². The van der Waals surface area contributed by atoms with Gasteiger partial charge in [-0.15, -0.1) is 11.3 Å². The van der Waals surface area contributed by atoms with Crippen molar-refractivity contribution in [2.24, 2.45) is 5.10 Å². The number of nitrogens with one attached hydrogen (secondary N) is 2. The van der Waals surface area contributed by atoms with Crippen molar-refractivity contribution in [1.29, 1.82) is 0 Å². The Kier molecular flexibility index (Phi) is 6.25. The average Bonchev–Trinajstić information content (AvgIpc) is 2.80. The van der Waals surface area contributed by atoms with Crippen molar-refractivity contribution < 1.29 is 4.79 Å². The van der Waals surface area contributed by atoms with Gasteiger partial charge >= 0.3 is 0 Å². The lowest BCUT2D eigenvalue weighted by Gasteiger charge is -2.05. The van der Waals surface area contributed by atoms with Crippen molar-refractivity contribution in [3.8, 4) is 0 Å². The molecule has 0 aliphatic heterocycles. The molecular formula is C17H24N4O2S. The highest BCUT2D eigenvalue weighted by Crippen LogP contribution is 2.25. The van der Waals surface area contributed by atoms with E-state index < -0.39 is 0 Å². The maximum Gasteiger partial charge on any atom is 0.259 e. The molecule has 0 spiro atoms. The van der Waals surface area contributed by atoms with Crippen molar-refractivity contribution in [3.63, 3.8) is 0 Å². The van der Waals surface area contributed by atoms with Crippen molar-refractivity contribution in [3.05, 3.63) is 26.6 Å². The number of rotatable bonds is 7. The number of fused-ring (bicyclic) bond motifs is 1. The number of hydrogen-bond donors (Lipinski definition) is 2. The molecule has 6 nitrogen and oxygen atoms in total. The molecule has 2 aromatic heterocycles. The number of thiophene rings is 1. The molecule has 0 saturated carbocycles. The maximum atomic E-state index is 12.2. The van der Waals surface area contributed by atoms with E-state index in [1.54, 1.807) is 0 Å². The number of nitrogens with zero attached hydrogens (tertiary/aromatic N) is 2. The molecule has 0 bridgehead atoms. The molecule has 0 aliphatic carbocycles. The highest BCUT2D eigenvalue weighted by Gasteiger charge is 2.13. The number of carbonyl (C=O) groups is 1. The topological polar surface area (TPSA) is 87.2 Å². The highest BCUT2D eigenvalue weighted by atomic mass is 32.1. The third kappa shape index (κ3) is 4.29. The number of aromatic nitrogens is 2. The molecule has 1 amide bonds. The van der Waals surface area contributed by atoms with Gasteiger partial charge in [-0.25, -0.2) is 10.4 Å². The molecule has 0 aliphatic rings. The minimum absolute atomic E-state index is 0.0101. The van der Waals surface area contributed by atoms with Crippen molar-refractivity contribution >= 4 is 33.2 Å². The lowest BCUT2D eigenvalue weighted by molar-refractivity contribution is -0.120. The second-order valence-electron chi connectivity index (χ2n) is 5.87. The van der Waals surface area contributed by atoms with Gasteiger partial charge in [0.2, 0.25) is 5.91 Å². The van der Waals surface area contributed by atoms with Gasteiger partial charge in [0.15, 0.2) is 0 Å². The molecule has 2 rings (SSSR count). The zero-order valence-electron chi connectivity index (χ0n) is 14.7. The van der Waals surface area contributed by atoms with Crippen molar-refractivity contribution in [1.82, 2.24) is 15.4 Å². The molecule has 7 heteroatoms. The summed E-state index contributed by atoms with van der Waals surface area (Å²) in [5.41, 5.74) is 4.33. The van der Waals surface area contributed by atoms with E-state index in [1.807, 2.05) is 13.8 Å². The molecule has 0 radical (unpaired) electrons.